The molecule has 1 fully saturated rings. The fraction of sp³-hybridized carbons (Fsp3) is 0.500. The third-order valence-corrected chi connectivity index (χ3v) is 5.81. The maximum atomic E-state index is 6.00. The zero-order valence-electron chi connectivity index (χ0n) is 19.0. The molecule has 1 aliphatic heterocycles. The first-order valence-electron chi connectivity index (χ1n) is 10.7. The largest absolute Gasteiger partial charge is 0.493 e. The van der Waals surface area contributed by atoms with Crippen LogP contribution in [0.25, 0.3) is 0 Å². The van der Waals surface area contributed by atoms with Gasteiger partial charge in [-0.15, -0.1) is 0 Å². The van der Waals surface area contributed by atoms with Crippen LogP contribution in [-0.4, -0.2) is 60.7 Å². The van der Waals surface area contributed by atoms with Crippen molar-refractivity contribution in [1.82, 2.24) is 0 Å². The lowest BCUT2D eigenvalue weighted by molar-refractivity contribution is -1.02. The third kappa shape index (κ3) is 5.58. The lowest BCUT2D eigenvalue weighted by atomic mass is 10.1. The number of quaternary nitrogens is 2. The van der Waals surface area contributed by atoms with Crippen LogP contribution in [0.4, 0.5) is 0 Å². The van der Waals surface area contributed by atoms with Crippen LogP contribution in [0.15, 0.2) is 30.3 Å². The number of methoxy groups -OCH3 is 3. The minimum atomic E-state index is 0.671. The predicted octanol–water partition coefficient (Wildman–Crippen LogP) is 0.692. The van der Waals surface area contributed by atoms with Crippen molar-refractivity contribution in [2.75, 3.05) is 60.7 Å². The highest BCUT2D eigenvalue weighted by atomic mass is 16.5. The standard InChI is InChI=1S/C24H34N2O4/c1-18-14-19(2)16-21(15-18)30-13-12-25-8-10-26(11-9-25)17-20-6-7-22(27-3)24(29-5)23(20)28-4/h6-7,14-16H,8-13,17H2,1-5H3/p+2. The van der Waals surface area contributed by atoms with Gasteiger partial charge in [-0.25, -0.2) is 0 Å². The first kappa shape index (κ1) is 22.2. The molecule has 6 nitrogen and oxygen atoms in total. The van der Waals surface area contributed by atoms with E-state index in [2.05, 4.69) is 38.1 Å². The molecule has 164 valence electrons. The minimum Gasteiger partial charge on any atom is -0.493 e. The van der Waals surface area contributed by atoms with Gasteiger partial charge in [-0.1, -0.05) is 6.07 Å². The van der Waals surface area contributed by atoms with Crippen LogP contribution in [-0.2, 0) is 6.54 Å². The van der Waals surface area contributed by atoms with E-state index in [0.29, 0.717) is 11.5 Å². The van der Waals surface area contributed by atoms with E-state index in [4.69, 9.17) is 18.9 Å². The zero-order chi connectivity index (χ0) is 21.5. The van der Waals surface area contributed by atoms with Crippen LogP contribution in [0.3, 0.4) is 0 Å². The van der Waals surface area contributed by atoms with Gasteiger partial charge in [-0.05, 0) is 49.2 Å². The number of hydrogen-bond donors (Lipinski definition) is 2. The molecule has 0 radical (unpaired) electrons. The summed E-state index contributed by atoms with van der Waals surface area (Å²) in [5.41, 5.74) is 3.66. The molecule has 3 rings (SSSR count). The Bertz CT molecular complexity index is 812. The summed E-state index contributed by atoms with van der Waals surface area (Å²) < 4.78 is 22.6. The summed E-state index contributed by atoms with van der Waals surface area (Å²) in [5, 5.41) is 0. The molecule has 0 bridgehead atoms. The van der Waals surface area contributed by atoms with E-state index >= 15 is 0 Å². The molecule has 0 saturated carbocycles. The van der Waals surface area contributed by atoms with Crippen molar-refractivity contribution in [3.63, 3.8) is 0 Å². The van der Waals surface area contributed by atoms with Gasteiger partial charge < -0.3 is 28.7 Å². The van der Waals surface area contributed by atoms with E-state index in [0.717, 1.165) is 62.9 Å². The van der Waals surface area contributed by atoms with Crippen LogP contribution >= 0.6 is 0 Å². The van der Waals surface area contributed by atoms with Crippen molar-refractivity contribution in [3.05, 3.63) is 47.0 Å². The number of benzene rings is 2. The average Bonchev–Trinajstić information content (AvgIpc) is 2.73. The SMILES string of the molecule is COc1ccc(C[NH+]2CC[NH+](CCOc3cc(C)cc(C)c3)CC2)c(OC)c1OC. The Morgan fingerprint density at radius 2 is 1.40 bits per heavy atom. The summed E-state index contributed by atoms with van der Waals surface area (Å²) >= 11 is 0. The van der Waals surface area contributed by atoms with E-state index in [-0.39, 0.29) is 0 Å². The van der Waals surface area contributed by atoms with Crippen LogP contribution in [0, 0.1) is 13.8 Å². The Morgan fingerprint density at radius 1 is 0.767 bits per heavy atom. The first-order chi connectivity index (χ1) is 14.5. The summed E-state index contributed by atoms with van der Waals surface area (Å²) in [6, 6.07) is 10.4. The molecule has 6 heteroatoms. The van der Waals surface area contributed by atoms with Crippen LogP contribution in [0.5, 0.6) is 23.0 Å². The maximum absolute atomic E-state index is 6.00. The third-order valence-electron chi connectivity index (χ3n) is 5.81. The van der Waals surface area contributed by atoms with Gasteiger partial charge >= 0.3 is 0 Å². The van der Waals surface area contributed by atoms with Gasteiger partial charge in [0, 0.05) is 0 Å². The van der Waals surface area contributed by atoms with Gasteiger partial charge in [0.2, 0.25) is 5.75 Å². The molecule has 1 aliphatic rings. The van der Waals surface area contributed by atoms with E-state index < -0.39 is 0 Å². The van der Waals surface area contributed by atoms with Gasteiger partial charge in [0.1, 0.15) is 51.6 Å². The summed E-state index contributed by atoms with van der Waals surface area (Å²) in [5.74, 6) is 3.13. The molecule has 0 unspecified atom stereocenters. The predicted molar refractivity (Wildman–Crippen MR) is 117 cm³/mol. The van der Waals surface area contributed by atoms with Crippen molar-refractivity contribution < 1.29 is 28.7 Å². The van der Waals surface area contributed by atoms with Gasteiger partial charge in [-0.2, -0.15) is 0 Å². The fourth-order valence-corrected chi connectivity index (χ4v) is 4.29. The molecule has 1 heterocycles. The Hall–Kier alpha value is -2.44. The van der Waals surface area contributed by atoms with Gasteiger partial charge in [0.05, 0.1) is 26.9 Å². The van der Waals surface area contributed by atoms with Gasteiger partial charge in [0.25, 0.3) is 0 Å². The van der Waals surface area contributed by atoms with Crippen LogP contribution < -0.4 is 28.7 Å². The second kappa shape index (κ2) is 10.5. The second-order valence-corrected chi connectivity index (χ2v) is 8.09. The summed E-state index contributed by atoms with van der Waals surface area (Å²) in [7, 11) is 4.99. The Morgan fingerprint density at radius 3 is 2.00 bits per heavy atom. The Balaban J connectivity index is 1.49. The number of piperazine rings is 1. The smallest absolute Gasteiger partial charge is 0.203 e. The highest BCUT2D eigenvalue weighted by Crippen LogP contribution is 2.39. The molecule has 0 aliphatic carbocycles. The zero-order valence-corrected chi connectivity index (χ0v) is 19.0. The summed E-state index contributed by atoms with van der Waals surface area (Å²) in [6.07, 6.45) is 0. The van der Waals surface area contributed by atoms with Crippen LogP contribution in [0.1, 0.15) is 16.7 Å². The van der Waals surface area contributed by atoms with E-state index in [1.54, 1.807) is 31.1 Å². The highest BCUT2D eigenvalue weighted by molar-refractivity contribution is 5.55. The Kier molecular flexibility index (Phi) is 7.82. The lowest BCUT2D eigenvalue weighted by Crippen LogP contribution is -3.27. The number of ether oxygens (including phenoxy) is 4. The number of nitrogens with one attached hydrogen (secondary N) is 2. The molecule has 30 heavy (non-hydrogen) atoms. The second-order valence-electron chi connectivity index (χ2n) is 8.09. The van der Waals surface area contributed by atoms with Gasteiger partial charge in [0.15, 0.2) is 11.5 Å². The minimum absolute atomic E-state index is 0.671. The first-order valence-corrected chi connectivity index (χ1v) is 10.7. The molecule has 0 aromatic heterocycles. The fourth-order valence-electron chi connectivity index (χ4n) is 4.29. The molecule has 2 aromatic rings. The molecule has 0 atom stereocenters. The van der Waals surface area contributed by atoms with Gasteiger partial charge in [-0.3, -0.25) is 0 Å². The lowest BCUT2D eigenvalue weighted by Gasteiger charge is -2.30. The van der Waals surface area contributed by atoms with E-state index in [1.165, 1.54) is 11.1 Å². The molecule has 2 aromatic carbocycles. The quantitative estimate of drug-likeness (QED) is 0.632. The van der Waals surface area contributed by atoms with E-state index in [9.17, 15) is 0 Å². The van der Waals surface area contributed by atoms with Crippen LogP contribution in [0.2, 0.25) is 0 Å². The topological polar surface area (TPSA) is 45.8 Å². The average molecular weight is 417 g/mol. The molecular formula is C24H36N2O4+2. The molecule has 1 saturated heterocycles. The Labute approximate surface area is 180 Å². The molecule has 2 N–H and O–H groups in total. The van der Waals surface area contributed by atoms with Crippen molar-refractivity contribution in [2.24, 2.45) is 0 Å². The summed E-state index contributed by atoms with van der Waals surface area (Å²) in [4.78, 5) is 3.18. The van der Waals surface area contributed by atoms with Crippen molar-refractivity contribution >= 4 is 0 Å². The van der Waals surface area contributed by atoms with Crippen molar-refractivity contribution in [1.29, 1.82) is 0 Å². The number of hydrogen-bond acceptors (Lipinski definition) is 4. The molecular weight excluding hydrogens is 380 g/mol. The normalized spacial score (nSPS) is 18.7. The summed E-state index contributed by atoms with van der Waals surface area (Å²) in [6.45, 7) is 11.5. The number of rotatable bonds is 9. The highest BCUT2D eigenvalue weighted by Gasteiger charge is 2.25. The van der Waals surface area contributed by atoms with Crippen molar-refractivity contribution in [2.45, 2.75) is 20.4 Å². The molecule has 0 amide bonds. The van der Waals surface area contributed by atoms with Crippen molar-refractivity contribution in [3.8, 4) is 23.0 Å². The monoisotopic (exact) mass is 416 g/mol. The number of aryl methyl sites for hydroxylation is 2. The maximum Gasteiger partial charge on any atom is 0.203 e. The molecule has 0 spiro atoms. The van der Waals surface area contributed by atoms with E-state index in [1.807, 2.05) is 6.07 Å².